The Morgan fingerprint density at radius 3 is 2.94 bits per heavy atom. The highest BCUT2D eigenvalue weighted by Gasteiger charge is 2.23. The lowest BCUT2D eigenvalue weighted by Crippen LogP contribution is -2.47. The number of hydrogen-bond acceptors (Lipinski definition) is 5. The highest BCUT2D eigenvalue weighted by Crippen LogP contribution is 2.29. The minimum absolute atomic E-state index is 0.00245. The molecule has 0 bridgehead atoms. The number of carboxylic acid groups (broad SMARTS) is 1. The number of aromatic nitrogens is 1. The molecule has 1 aliphatic heterocycles. The normalized spacial score (nSPS) is 16.1. The number of aromatic carboxylic acids is 1. The number of piperazine rings is 1. The van der Waals surface area contributed by atoms with Crippen LogP contribution in [0, 0.1) is 0 Å². The van der Waals surface area contributed by atoms with Gasteiger partial charge in [-0.05, 0) is 0 Å². The van der Waals surface area contributed by atoms with Crippen LogP contribution in [-0.2, 0) is 4.79 Å². The molecule has 8 heteroatoms. The van der Waals surface area contributed by atoms with Gasteiger partial charge in [0.2, 0.25) is 5.91 Å². The van der Waals surface area contributed by atoms with Gasteiger partial charge in [-0.3, -0.25) is 4.79 Å². The summed E-state index contributed by atoms with van der Waals surface area (Å²) in [7, 11) is 0. The number of thiazole rings is 1. The van der Waals surface area contributed by atoms with Crippen molar-refractivity contribution in [2.24, 2.45) is 0 Å². The van der Waals surface area contributed by atoms with Crippen LogP contribution in [0.1, 0.15) is 9.67 Å². The lowest BCUT2D eigenvalue weighted by atomic mass is 10.4. The van der Waals surface area contributed by atoms with Gasteiger partial charge in [-0.25, -0.2) is 9.78 Å². The Morgan fingerprint density at radius 1 is 1.62 bits per heavy atom. The fourth-order valence-electron chi connectivity index (χ4n) is 1.36. The van der Waals surface area contributed by atoms with Crippen molar-refractivity contribution in [1.29, 1.82) is 0 Å². The molecule has 1 fully saturated rings. The molecule has 1 aromatic heterocycles. The molecule has 86 valence electrons. The number of carbonyl (C=O) groups excluding carboxylic acids is 1. The van der Waals surface area contributed by atoms with E-state index < -0.39 is 5.97 Å². The summed E-state index contributed by atoms with van der Waals surface area (Å²) in [4.78, 5) is 27.6. The molecule has 6 nitrogen and oxygen atoms in total. The van der Waals surface area contributed by atoms with Crippen LogP contribution >= 0.6 is 22.9 Å². The van der Waals surface area contributed by atoms with Crippen LogP contribution in [0.4, 0.5) is 5.13 Å². The van der Waals surface area contributed by atoms with E-state index in [-0.39, 0.29) is 22.5 Å². The van der Waals surface area contributed by atoms with Crippen LogP contribution in [0.25, 0.3) is 0 Å². The summed E-state index contributed by atoms with van der Waals surface area (Å²) in [6.45, 7) is 1.32. The van der Waals surface area contributed by atoms with E-state index in [1.54, 1.807) is 4.90 Å². The Labute approximate surface area is 99.8 Å². The molecule has 0 spiro atoms. The van der Waals surface area contributed by atoms with Gasteiger partial charge in [0.25, 0.3) is 0 Å². The van der Waals surface area contributed by atoms with E-state index in [1.165, 1.54) is 0 Å². The molecular weight excluding hydrogens is 254 g/mol. The van der Waals surface area contributed by atoms with E-state index in [9.17, 15) is 9.59 Å². The highest BCUT2D eigenvalue weighted by molar-refractivity contribution is 7.18. The van der Waals surface area contributed by atoms with E-state index in [1.807, 2.05) is 0 Å². The molecule has 1 aliphatic rings. The lowest BCUT2D eigenvalue weighted by molar-refractivity contribution is -0.120. The average Bonchev–Trinajstić information content (AvgIpc) is 2.60. The number of nitrogens with zero attached hydrogens (tertiary/aromatic N) is 2. The second-order valence-corrected chi connectivity index (χ2v) is 4.53. The number of nitrogens with one attached hydrogen (secondary N) is 1. The second kappa shape index (κ2) is 4.26. The molecule has 1 amide bonds. The Bertz CT molecular complexity index is 448. The third kappa shape index (κ3) is 2.10. The fourth-order valence-corrected chi connectivity index (χ4v) is 2.51. The molecular formula is C8H8ClN3O3S. The SMILES string of the molecule is O=C1CN(c2nc(Cl)c(C(=O)O)s2)CCN1. The third-order valence-electron chi connectivity index (χ3n) is 2.08. The first-order chi connectivity index (χ1) is 7.58. The van der Waals surface area contributed by atoms with Crippen LogP contribution in [0.5, 0.6) is 0 Å². The number of carboxylic acids is 1. The molecule has 0 radical (unpaired) electrons. The number of rotatable bonds is 2. The van der Waals surface area contributed by atoms with Crippen molar-refractivity contribution < 1.29 is 14.7 Å². The molecule has 2 rings (SSSR count). The van der Waals surface area contributed by atoms with Gasteiger partial charge < -0.3 is 15.3 Å². The van der Waals surface area contributed by atoms with Gasteiger partial charge in [-0.1, -0.05) is 22.9 Å². The molecule has 0 aliphatic carbocycles. The standard InChI is InChI=1S/C8H8ClN3O3S/c9-6-5(7(14)15)16-8(11-6)12-2-1-10-4(13)3-12/h1-3H2,(H,10,13)(H,14,15). The maximum absolute atomic E-state index is 11.1. The summed E-state index contributed by atoms with van der Waals surface area (Å²) in [5.74, 6) is -1.20. The van der Waals surface area contributed by atoms with Gasteiger partial charge in [0.05, 0.1) is 6.54 Å². The van der Waals surface area contributed by atoms with Gasteiger partial charge in [-0.15, -0.1) is 0 Å². The second-order valence-electron chi connectivity index (χ2n) is 3.19. The van der Waals surface area contributed by atoms with Crippen molar-refractivity contribution in [1.82, 2.24) is 10.3 Å². The highest BCUT2D eigenvalue weighted by atomic mass is 35.5. The Balaban J connectivity index is 2.23. The number of halogens is 1. The first-order valence-corrected chi connectivity index (χ1v) is 5.68. The van der Waals surface area contributed by atoms with Crippen LogP contribution in [0.15, 0.2) is 0 Å². The lowest BCUT2D eigenvalue weighted by Gasteiger charge is -2.25. The zero-order valence-electron chi connectivity index (χ0n) is 8.07. The van der Waals surface area contributed by atoms with Crippen molar-refractivity contribution >= 4 is 39.9 Å². The van der Waals surface area contributed by atoms with E-state index in [0.717, 1.165) is 11.3 Å². The topological polar surface area (TPSA) is 82.5 Å². The minimum Gasteiger partial charge on any atom is -0.477 e. The predicted octanol–water partition coefficient (Wildman–Crippen LogP) is 0.431. The summed E-state index contributed by atoms with van der Waals surface area (Å²) >= 11 is 6.67. The molecule has 0 saturated carbocycles. The summed E-state index contributed by atoms with van der Waals surface area (Å²) in [6.07, 6.45) is 0. The van der Waals surface area contributed by atoms with Crippen molar-refractivity contribution in [2.75, 3.05) is 24.5 Å². The first-order valence-electron chi connectivity index (χ1n) is 4.49. The van der Waals surface area contributed by atoms with Gasteiger partial charge >= 0.3 is 5.97 Å². The van der Waals surface area contributed by atoms with Crippen LogP contribution < -0.4 is 10.2 Å². The Hall–Kier alpha value is -1.34. The van der Waals surface area contributed by atoms with Crippen molar-refractivity contribution in [3.63, 3.8) is 0 Å². The maximum Gasteiger partial charge on any atom is 0.349 e. The average molecular weight is 262 g/mol. The number of carbonyl (C=O) groups is 2. The molecule has 1 saturated heterocycles. The van der Waals surface area contributed by atoms with Crippen molar-refractivity contribution in [2.45, 2.75) is 0 Å². The zero-order chi connectivity index (χ0) is 11.7. The third-order valence-corrected chi connectivity index (χ3v) is 3.57. The summed E-state index contributed by atoms with van der Waals surface area (Å²) in [5.41, 5.74) is 0. The summed E-state index contributed by atoms with van der Waals surface area (Å²) in [6, 6.07) is 0. The van der Waals surface area contributed by atoms with Crippen LogP contribution in [0.2, 0.25) is 5.15 Å². The van der Waals surface area contributed by atoms with Crippen molar-refractivity contribution in [3.05, 3.63) is 10.0 Å². The smallest absolute Gasteiger partial charge is 0.349 e. The van der Waals surface area contributed by atoms with E-state index in [4.69, 9.17) is 16.7 Å². The summed E-state index contributed by atoms with van der Waals surface area (Å²) < 4.78 is 0. The minimum atomic E-state index is -1.10. The molecule has 2 heterocycles. The van der Waals surface area contributed by atoms with Gasteiger partial charge in [0.1, 0.15) is 0 Å². The summed E-state index contributed by atoms with van der Waals surface area (Å²) in [5, 5.41) is 11.9. The molecule has 0 aromatic carbocycles. The molecule has 2 N–H and O–H groups in total. The fraction of sp³-hybridized carbons (Fsp3) is 0.375. The molecule has 1 aromatic rings. The first kappa shape index (κ1) is 11.2. The molecule has 0 unspecified atom stereocenters. The number of hydrogen-bond donors (Lipinski definition) is 2. The van der Waals surface area contributed by atoms with Gasteiger partial charge in [-0.2, -0.15) is 0 Å². The quantitative estimate of drug-likeness (QED) is 0.807. The Morgan fingerprint density at radius 2 is 2.38 bits per heavy atom. The van der Waals surface area contributed by atoms with Crippen molar-refractivity contribution in [3.8, 4) is 0 Å². The monoisotopic (exact) mass is 261 g/mol. The predicted molar refractivity (Wildman–Crippen MR) is 59.3 cm³/mol. The number of amides is 1. The van der Waals surface area contributed by atoms with E-state index in [0.29, 0.717) is 18.2 Å². The Kier molecular flexibility index (Phi) is 2.97. The molecule has 0 atom stereocenters. The van der Waals surface area contributed by atoms with Gasteiger partial charge in [0.15, 0.2) is 15.2 Å². The van der Waals surface area contributed by atoms with Crippen LogP contribution in [0.3, 0.4) is 0 Å². The van der Waals surface area contributed by atoms with Crippen LogP contribution in [-0.4, -0.2) is 41.6 Å². The number of anilines is 1. The zero-order valence-corrected chi connectivity index (χ0v) is 9.64. The van der Waals surface area contributed by atoms with E-state index in [2.05, 4.69) is 10.3 Å². The largest absolute Gasteiger partial charge is 0.477 e. The maximum atomic E-state index is 11.1. The van der Waals surface area contributed by atoms with E-state index >= 15 is 0 Å². The van der Waals surface area contributed by atoms with Gasteiger partial charge in [0, 0.05) is 13.1 Å². The molecule has 16 heavy (non-hydrogen) atoms.